The summed E-state index contributed by atoms with van der Waals surface area (Å²) in [7, 11) is 1.49. The van der Waals surface area contributed by atoms with Crippen LogP contribution in [0.3, 0.4) is 0 Å². The average molecular weight is 320 g/mol. The first-order valence-corrected chi connectivity index (χ1v) is 7.19. The fourth-order valence-corrected chi connectivity index (χ4v) is 2.37. The largest absolute Gasteiger partial charge is 0.508 e. The van der Waals surface area contributed by atoms with Crippen LogP contribution in [0.1, 0.15) is 32.4 Å². The van der Waals surface area contributed by atoms with Crippen LogP contribution >= 0.6 is 0 Å². The lowest BCUT2D eigenvalue weighted by atomic mass is 9.94. The van der Waals surface area contributed by atoms with Crippen molar-refractivity contribution in [3.8, 4) is 11.5 Å². The van der Waals surface area contributed by atoms with E-state index in [1.165, 1.54) is 13.2 Å². The Bertz CT molecular complexity index is 666. The molecule has 1 aliphatic rings. The molecule has 1 aromatic carbocycles. The third-order valence-corrected chi connectivity index (χ3v) is 3.38. The quantitative estimate of drug-likeness (QED) is 0.737. The second-order valence-corrected chi connectivity index (χ2v) is 5.45. The zero-order valence-electron chi connectivity index (χ0n) is 13.5. The third-order valence-electron chi connectivity index (χ3n) is 3.38. The number of hydrogen-bond donors (Lipinski definition) is 3. The van der Waals surface area contributed by atoms with E-state index in [-0.39, 0.29) is 17.4 Å². The molecule has 0 aliphatic carbocycles. The maximum absolute atomic E-state index is 12.4. The van der Waals surface area contributed by atoms with E-state index in [4.69, 9.17) is 9.47 Å². The first-order chi connectivity index (χ1) is 10.8. The van der Waals surface area contributed by atoms with Crippen molar-refractivity contribution >= 4 is 12.0 Å². The van der Waals surface area contributed by atoms with Gasteiger partial charge in [-0.1, -0.05) is 0 Å². The van der Waals surface area contributed by atoms with Crippen molar-refractivity contribution in [3.63, 3.8) is 0 Å². The van der Waals surface area contributed by atoms with Crippen molar-refractivity contribution in [2.45, 2.75) is 32.9 Å². The molecule has 0 fully saturated rings. The minimum Gasteiger partial charge on any atom is -0.508 e. The molecule has 0 saturated heterocycles. The Labute approximate surface area is 134 Å². The molecular formula is C16H20N2O5. The van der Waals surface area contributed by atoms with E-state index < -0.39 is 18.0 Å². The Morgan fingerprint density at radius 3 is 2.65 bits per heavy atom. The predicted molar refractivity (Wildman–Crippen MR) is 83.0 cm³/mol. The van der Waals surface area contributed by atoms with Gasteiger partial charge in [0.15, 0.2) is 0 Å². The van der Waals surface area contributed by atoms with Crippen molar-refractivity contribution in [1.82, 2.24) is 10.6 Å². The molecule has 0 radical (unpaired) electrons. The van der Waals surface area contributed by atoms with Crippen molar-refractivity contribution in [2.24, 2.45) is 0 Å². The predicted octanol–water partition coefficient (Wildman–Crippen LogP) is 1.98. The molecule has 23 heavy (non-hydrogen) atoms. The van der Waals surface area contributed by atoms with Crippen molar-refractivity contribution in [2.75, 3.05) is 7.11 Å². The van der Waals surface area contributed by atoms with Crippen LogP contribution in [0.5, 0.6) is 11.5 Å². The van der Waals surface area contributed by atoms with Gasteiger partial charge >= 0.3 is 12.0 Å². The number of allylic oxidation sites excluding steroid dienone is 1. The summed E-state index contributed by atoms with van der Waals surface area (Å²) in [6, 6.07) is 3.32. The van der Waals surface area contributed by atoms with Gasteiger partial charge in [-0.3, -0.25) is 0 Å². The van der Waals surface area contributed by atoms with Gasteiger partial charge in [0, 0.05) is 11.3 Å². The van der Waals surface area contributed by atoms with Crippen LogP contribution in [0, 0.1) is 0 Å². The Morgan fingerprint density at radius 1 is 1.35 bits per heavy atom. The minimum atomic E-state index is -0.829. The number of rotatable bonds is 4. The molecule has 2 amide bonds. The molecule has 3 N–H and O–H groups in total. The summed E-state index contributed by atoms with van der Waals surface area (Å²) in [6.45, 7) is 5.08. The van der Waals surface area contributed by atoms with Crippen LogP contribution in [-0.2, 0) is 9.53 Å². The molecule has 7 heteroatoms. The summed E-state index contributed by atoms with van der Waals surface area (Å²) >= 11 is 0. The number of carbonyl (C=O) groups excluding carboxylic acids is 2. The Morgan fingerprint density at radius 2 is 2.04 bits per heavy atom. The van der Waals surface area contributed by atoms with Gasteiger partial charge in [-0.15, -0.1) is 0 Å². The van der Waals surface area contributed by atoms with Crippen molar-refractivity contribution in [1.29, 1.82) is 0 Å². The number of phenols is 1. The van der Waals surface area contributed by atoms with Gasteiger partial charge < -0.3 is 25.2 Å². The number of phenolic OH excluding ortho intramolecular Hbond substituents is 1. The topological polar surface area (TPSA) is 96.9 Å². The summed E-state index contributed by atoms with van der Waals surface area (Å²) < 4.78 is 10.4. The summed E-state index contributed by atoms with van der Waals surface area (Å²) in [5, 5.41) is 15.3. The van der Waals surface area contributed by atoms with E-state index in [1.54, 1.807) is 32.9 Å². The second kappa shape index (κ2) is 6.60. The Hall–Kier alpha value is -2.70. The summed E-state index contributed by atoms with van der Waals surface area (Å²) in [5.74, 6) is -0.113. The van der Waals surface area contributed by atoms with Crippen LogP contribution in [0.15, 0.2) is 29.5 Å². The van der Waals surface area contributed by atoms with Crippen LogP contribution in [0.25, 0.3) is 0 Å². The second-order valence-electron chi connectivity index (χ2n) is 5.45. The number of carbonyl (C=O) groups is 2. The number of amides is 2. The van der Waals surface area contributed by atoms with Gasteiger partial charge in [0.1, 0.15) is 11.5 Å². The highest BCUT2D eigenvalue weighted by molar-refractivity contribution is 5.95. The summed E-state index contributed by atoms with van der Waals surface area (Å²) in [6.07, 6.45) is -0.306. The number of benzene rings is 1. The molecule has 1 heterocycles. The standard InChI is InChI=1S/C16H20N2O5/c1-8(2)23-15(20)13-9(3)17-16(21)18-14(13)11-7-10(22-4)5-6-12(11)19/h5-8,14,19H,1-4H3,(H2,17,18,21)/t14-/m1/s1. The SMILES string of the molecule is COc1ccc(O)c([C@H]2NC(=O)NC(C)=C2C(=O)OC(C)C)c1. The first-order valence-electron chi connectivity index (χ1n) is 7.19. The zero-order valence-corrected chi connectivity index (χ0v) is 13.5. The van der Waals surface area contributed by atoms with Crippen LogP contribution in [0.2, 0.25) is 0 Å². The number of hydrogen-bond acceptors (Lipinski definition) is 5. The van der Waals surface area contributed by atoms with E-state index in [0.717, 1.165) is 0 Å². The molecule has 0 spiro atoms. The van der Waals surface area contributed by atoms with E-state index in [1.807, 2.05) is 0 Å². The highest BCUT2D eigenvalue weighted by Crippen LogP contribution is 2.35. The van der Waals surface area contributed by atoms with Crippen LogP contribution < -0.4 is 15.4 Å². The molecule has 2 rings (SSSR count). The van der Waals surface area contributed by atoms with Gasteiger partial charge in [0.25, 0.3) is 0 Å². The highest BCUT2D eigenvalue weighted by Gasteiger charge is 2.34. The normalized spacial score (nSPS) is 17.6. The maximum Gasteiger partial charge on any atom is 0.338 e. The number of urea groups is 1. The van der Waals surface area contributed by atoms with Crippen molar-refractivity contribution < 1.29 is 24.2 Å². The van der Waals surface area contributed by atoms with E-state index in [2.05, 4.69) is 10.6 Å². The summed E-state index contributed by atoms with van der Waals surface area (Å²) in [4.78, 5) is 24.2. The molecule has 1 aromatic rings. The molecule has 124 valence electrons. The fourth-order valence-electron chi connectivity index (χ4n) is 2.37. The number of nitrogens with one attached hydrogen (secondary N) is 2. The molecule has 1 atom stereocenters. The van der Waals surface area contributed by atoms with E-state index in [0.29, 0.717) is 17.0 Å². The van der Waals surface area contributed by atoms with Gasteiger partial charge in [0.2, 0.25) is 0 Å². The van der Waals surface area contributed by atoms with Crippen LogP contribution in [0.4, 0.5) is 4.79 Å². The van der Waals surface area contributed by atoms with E-state index in [9.17, 15) is 14.7 Å². The monoisotopic (exact) mass is 320 g/mol. The first kappa shape index (κ1) is 16.7. The molecule has 0 bridgehead atoms. The van der Waals surface area contributed by atoms with E-state index >= 15 is 0 Å². The zero-order chi connectivity index (χ0) is 17.1. The molecule has 7 nitrogen and oxygen atoms in total. The highest BCUT2D eigenvalue weighted by atomic mass is 16.5. The van der Waals surface area contributed by atoms with Gasteiger partial charge in [-0.2, -0.15) is 0 Å². The lowest BCUT2D eigenvalue weighted by Crippen LogP contribution is -2.45. The number of esters is 1. The van der Waals surface area contributed by atoms with Gasteiger partial charge in [0.05, 0.1) is 24.8 Å². The summed E-state index contributed by atoms with van der Waals surface area (Å²) in [5.41, 5.74) is 0.975. The molecule has 0 saturated carbocycles. The number of ether oxygens (including phenoxy) is 2. The molecule has 1 aliphatic heterocycles. The maximum atomic E-state index is 12.4. The average Bonchev–Trinajstić information content (AvgIpc) is 2.46. The number of methoxy groups -OCH3 is 1. The molecule has 0 unspecified atom stereocenters. The lowest BCUT2D eigenvalue weighted by molar-refractivity contribution is -0.143. The third kappa shape index (κ3) is 3.56. The minimum absolute atomic E-state index is 0.0550. The van der Waals surface area contributed by atoms with Gasteiger partial charge in [-0.05, 0) is 39.0 Å². The Balaban J connectivity index is 2.51. The van der Waals surface area contributed by atoms with Crippen LogP contribution in [-0.4, -0.2) is 30.3 Å². The Kier molecular flexibility index (Phi) is 4.78. The number of aromatic hydroxyl groups is 1. The van der Waals surface area contributed by atoms with Gasteiger partial charge in [-0.25, -0.2) is 9.59 Å². The smallest absolute Gasteiger partial charge is 0.338 e. The fraction of sp³-hybridized carbons (Fsp3) is 0.375. The van der Waals surface area contributed by atoms with Crippen molar-refractivity contribution in [3.05, 3.63) is 35.0 Å². The molecule has 0 aromatic heterocycles. The molecular weight excluding hydrogens is 300 g/mol. The lowest BCUT2D eigenvalue weighted by Gasteiger charge is -2.29.